The van der Waals surface area contributed by atoms with Crippen LogP contribution in [-0.2, 0) is 18.9 Å². The van der Waals surface area contributed by atoms with E-state index in [9.17, 15) is 29.1 Å². The Kier molecular flexibility index (Phi) is 13.0. The SMILES string of the molecule is C=C[C@H](C)[C@H](O)c1ccc(C(=O)OC[C@H]2O[C@@H](n3cnc4c(N(C(=O)c5ccccc5)C(=O)c5ccccc5)ncnc43)[C@H](OC(=O)c3ccccc3)[C@@H]2OC(=O)c2ccccc2)cc1. The Morgan fingerprint density at radius 3 is 1.69 bits per heavy atom. The van der Waals surface area contributed by atoms with Gasteiger partial charge in [0.25, 0.3) is 11.8 Å². The van der Waals surface area contributed by atoms with Crippen LogP contribution in [0, 0.1) is 5.92 Å². The van der Waals surface area contributed by atoms with Gasteiger partial charge in [-0.15, -0.1) is 6.58 Å². The number of ether oxygens (including phenoxy) is 4. The number of carbonyl (C=O) groups excluding carboxylic acids is 5. The number of hydrogen-bond acceptors (Lipinski definition) is 13. The van der Waals surface area contributed by atoms with Gasteiger partial charge in [0.2, 0.25) is 0 Å². The van der Waals surface area contributed by atoms with Crippen molar-refractivity contribution in [3.63, 3.8) is 0 Å². The molecule has 0 unspecified atom stereocenters. The second-order valence-electron chi connectivity index (χ2n) is 15.0. The molecule has 6 atom stereocenters. The Balaban J connectivity index is 1.18. The van der Waals surface area contributed by atoms with Gasteiger partial charge < -0.3 is 24.1 Å². The predicted molar refractivity (Wildman–Crippen MR) is 236 cm³/mol. The summed E-state index contributed by atoms with van der Waals surface area (Å²) >= 11 is 0. The molecule has 65 heavy (non-hydrogen) atoms. The molecule has 2 amide bonds. The minimum Gasteiger partial charge on any atom is -0.459 e. The van der Waals surface area contributed by atoms with Crippen LogP contribution in [0.2, 0.25) is 0 Å². The zero-order valence-electron chi connectivity index (χ0n) is 34.8. The van der Waals surface area contributed by atoms with Crippen molar-refractivity contribution in [3.05, 3.63) is 204 Å². The molecule has 1 aliphatic rings. The van der Waals surface area contributed by atoms with Gasteiger partial charge >= 0.3 is 17.9 Å². The quantitative estimate of drug-likeness (QED) is 0.0494. The number of aromatic nitrogens is 4. The topological polar surface area (TPSA) is 189 Å². The van der Waals surface area contributed by atoms with Crippen LogP contribution in [0.5, 0.6) is 0 Å². The van der Waals surface area contributed by atoms with Gasteiger partial charge in [-0.3, -0.25) is 14.2 Å². The Labute approximate surface area is 372 Å². The molecule has 2 aromatic heterocycles. The molecule has 15 heteroatoms. The van der Waals surface area contributed by atoms with Gasteiger partial charge in [0.15, 0.2) is 35.4 Å². The number of carbonyl (C=O) groups is 5. The highest BCUT2D eigenvalue weighted by Crippen LogP contribution is 2.38. The normalized spacial score (nSPS) is 17.6. The third-order valence-electron chi connectivity index (χ3n) is 10.8. The van der Waals surface area contributed by atoms with E-state index in [1.54, 1.807) is 140 Å². The minimum atomic E-state index is -1.43. The number of imide groups is 1. The second-order valence-corrected chi connectivity index (χ2v) is 15.0. The van der Waals surface area contributed by atoms with Crippen LogP contribution in [0.15, 0.2) is 171 Å². The number of nitrogens with zero attached hydrogens (tertiary/aromatic N) is 5. The van der Waals surface area contributed by atoms with Gasteiger partial charge in [-0.2, -0.15) is 0 Å². The lowest BCUT2D eigenvalue weighted by Crippen LogP contribution is -2.41. The number of esters is 3. The molecule has 326 valence electrons. The van der Waals surface area contributed by atoms with Crippen LogP contribution in [-0.4, -0.2) is 79.3 Å². The Bertz CT molecular complexity index is 2770. The molecule has 0 bridgehead atoms. The maximum atomic E-state index is 14.2. The molecule has 0 radical (unpaired) electrons. The zero-order chi connectivity index (χ0) is 45.5. The zero-order valence-corrected chi connectivity index (χ0v) is 34.8. The number of amides is 2. The number of imidazole rings is 1. The van der Waals surface area contributed by atoms with Crippen molar-refractivity contribution in [2.45, 2.75) is 37.6 Å². The smallest absolute Gasteiger partial charge is 0.338 e. The first kappa shape index (κ1) is 43.5. The highest BCUT2D eigenvalue weighted by atomic mass is 16.7. The molecule has 15 nitrogen and oxygen atoms in total. The number of benzene rings is 5. The molecule has 8 rings (SSSR count). The monoisotopic (exact) mass is 871 g/mol. The molecule has 3 heterocycles. The van der Waals surface area contributed by atoms with E-state index in [0.717, 1.165) is 11.2 Å². The van der Waals surface area contributed by atoms with Crippen molar-refractivity contribution in [3.8, 4) is 0 Å². The Hall–Kier alpha value is -8.14. The summed E-state index contributed by atoms with van der Waals surface area (Å²) in [6.07, 6.45) is -2.21. The average Bonchev–Trinajstić information content (AvgIpc) is 3.94. The van der Waals surface area contributed by atoms with Crippen LogP contribution in [0.4, 0.5) is 5.82 Å². The summed E-state index contributed by atoms with van der Waals surface area (Å²) in [6.45, 7) is 5.05. The maximum absolute atomic E-state index is 14.2. The molecule has 0 aliphatic carbocycles. The summed E-state index contributed by atoms with van der Waals surface area (Å²) < 4.78 is 26.0. The van der Waals surface area contributed by atoms with E-state index in [-0.39, 0.29) is 50.7 Å². The first-order valence-electron chi connectivity index (χ1n) is 20.5. The van der Waals surface area contributed by atoms with E-state index in [1.807, 2.05) is 6.92 Å². The standard InChI is InChI=1S/C50H41N5O10/c1-3-31(2)40(56)32-24-26-37(27-25-32)48(59)62-28-38-41(64-49(60)35-20-12-6-13-21-35)42(65-50(61)36-22-14-7-15-23-36)47(63-38)54-30-53-39-43(54)51-29-52-44(39)55(45(57)33-16-8-4-9-17-33)46(58)34-18-10-5-11-19-34/h3-27,29-31,38,40-42,47,56H,1,28H2,2H3/t31-,38+,40-,41+,42+,47+/m0/s1. The number of aliphatic hydroxyl groups excluding tert-OH is 1. The molecular weight excluding hydrogens is 831 g/mol. The molecule has 5 aromatic carbocycles. The van der Waals surface area contributed by atoms with Gasteiger partial charge in [-0.1, -0.05) is 97.9 Å². The fourth-order valence-corrected chi connectivity index (χ4v) is 7.25. The summed E-state index contributed by atoms with van der Waals surface area (Å²) in [5.41, 5.74) is 1.55. The van der Waals surface area contributed by atoms with Gasteiger partial charge in [-0.25, -0.2) is 34.2 Å². The largest absolute Gasteiger partial charge is 0.459 e. The molecule has 1 saturated heterocycles. The fourth-order valence-electron chi connectivity index (χ4n) is 7.25. The number of fused-ring (bicyclic) bond motifs is 1. The van der Waals surface area contributed by atoms with Crippen molar-refractivity contribution in [2.75, 3.05) is 11.5 Å². The molecule has 1 N–H and O–H groups in total. The summed E-state index contributed by atoms with van der Waals surface area (Å²) in [6, 6.07) is 38.9. The van der Waals surface area contributed by atoms with Crippen molar-refractivity contribution in [1.29, 1.82) is 0 Å². The third-order valence-corrected chi connectivity index (χ3v) is 10.8. The number of rotatable bonds is 14. The van der Waals surface area contributed by atoms with E-state index >= 15 is 0 Å². The number of aliphatic hydroxyl groups is 1. The van der Waals surface area contributed by atoms with Gasteiger partial charge in [-0.05, 0) is 66.2 Å². The van der Waals surface area contributed by atoms with E-state index < -0.39 is 67.0 Å². The van der Waals surface area contributed by atoms with Crippen LogP contribution in [0.3, 0.4) is 0 Å². The molecule has 7 aromatic rings. The Morgan fingerprint density at radius 1 is 0.677 bits per heavy atom. The van der Waals surface area contributed by atoms with Crippen molar-refractivity contribution >= 4 is 46.7 Å². The van der Waals surface area contributed by atoms with Gasteiger partial charge in [0.1, 0.15) is 19.0 Å². The van der Waals surface area contributed by atoms with Crippen LogP contribution in [0.1, 0.15) is 76.6 Å². The van der Waals surface area contributed by atoms with Crippen LogP contribution < -0.4 is 4.90 Å². The molecule has 0 saturated carbocycles. The van der Waals surface area contributed by atoms with Gasteiger partial charge in [0.05, 0.1) is 29.1 Å². The Morgan fingerprint density at radius 2 is 1.17 bits per heavy atom. The first-order valence-corrected chi connectivity index (χ1v) is 20.5. The second kappa shape index (κ2) is 19.5. The molecule has 1 aliphatic heterocycles. The molecular formula is C50H41N5O10. The summed E-state index contributed by atoms with van der Waals surface area (Å²) in [4.78, 5) is 84.0. The predicted octanol–water partition coefficient (Wildman–Crippen LogP) is 7.37. The summed E-state index contributed by atoms with van der Waals surface area (Å²) in [7, 11) is 0. The molecule has 0 spiro atoms. The lowest BCUT2D eigenvalue weighted by Gasteiger charge is -2.25. The number of hydrogen-bond donors (Lipinski definition) is 1. The van der Waals surface area contributed by atoms with Crippen molar-refractivity contribution in [2.24, 2.45) is 5.92 Å². The van der Waals surface area contributed by atoms with E-state index in [0.29, 0.717) is 5.56 Å². The van der Waals surface area contributed by atoms with Crippen molar-refractivity contribution in [1.82, 2.24) is 19.5 Å². The van der Waals surface area contributed by atoms with Crippen molar-refractivity contribution < 1.29 is 48.0 Å². The van der Waals surface area contributed by atoms with E-state index in [2.05, 4.69) is 21.5 Å². The van der Waals surface area contributed by atoms with Crippen LogP contribution in [0.25, 0.3) is 11.2 Å². The van der Waals surface area contributed by atoms with E-state index in [4.69, 9.17) is 18.9 Å². The van der Waals surface area contributed by atoms with Gasteiger partial charge in [0, 0.05) is 17.0 Å². The summed E-state index contributed by atoms with van der Waals surface area (Å²) in [5, 5.41) is 10.6. The molecule has 1 fully saturated rings. The maximum Gasteiger partial charge on any atom is 0.338 e. The fraction of sp³-hybridized carbons (Fsp3) is 0.160. The average molecular weight is 872 g/mol. The highest BCUT2D eigenvalue weighted by Gasteiger charge is 2.52. The number of anilines is 1. The lowest BCUT2D eigenvalue weighted by atomic mass is 9.97. The lowest BCUT2D eigenvalue weighted by molar-refractivity contribution is -0.0606. The van der Waals surface area contributed by atoms with E-state index in [1.165, 1.54) is 23.0 Å². The third kappa shape index (κ3) is 9.32. The first-order chi connectivity index (χ1) is 31.6. The minimum absolute atomic E-state index is 0.00144. The van der Waals surface area contributed by atoms with Crippen LogP contribution >= 0.6 is 0 Å². The summed E-state index contributed by atoms with van der Waals surface area (Å²) in [5.74, 6) is -4.09. The highest BCUT2D eigenvalue weighted by molar-refractivity contribution is 6.27.